The lowest BCUT2D eigenvalue weighted by Gasteiger charge is -2.23. The Morgan fingerprint density at radius 2 is 1.57 bits per heavy atom. The summed E-state index contributed by atoms with van der Waals surface area (Å²) in [6.07, 6.45) is 0.647. The van der Waals surface area contributed by atoms with Crippen molar-refractivity contribution in [3.05, 3.63) is 118 Å². The maximum atomic E-state index is 13.6. The van der Waals surface area contributed by atoms with E-state index in [0.717, 1.165) is 28.0 Å². The molecule has 0 aliphatic heterocycles. The third kappa shape index (κ3) is 7.59. The van der Waals surface area contributed by atoms with E-state index < -0.39 is 0 Å². The van der Waals surface area contributed by atoms with Gasteiger partial charge in [-0.05, 0) is 59.7 Å². The molecule has 1 N–H and O–H groups in total. The minimum atomic E-state index is -0.329. The second-order valence-corrected chi connectivity index (χ2v) is 11.0. The molecule has 7 nitrogen and oxygen atoms in total. The Hall–Kier alpha value is -4.39. The van der Waals surface area contributed by atoms with Gasteiger partial charge in [-0.3, -0.25) is 9.59 Å². The zero-order valence-corrected chi connectivity index (χ0v) is 23.9. The predicted molar refractivity (Wildman–Crippen MR) is 155 cm³/mol. The van der Waals surface area contributed by atoms with Crippen LogP contribution in [0.4, 0.5) is 0 Å². The van der Waals surface area contributed by atoms with Crippen LogP contribution in [0, 0.1) is 6.92 Å². The van der Waals surface area contributed by atoms with Crippen molar-refractivity contribution in [1.82, 2.24) is 15.4 Å². The summed E-state index contributed by atoms with van der Waals surface area (Å²) in [5, 5.41) is 6.84. The molecule has 0 saturated heterocycles. The van der Waals surface area contributed by atoms with Crippen LogP contribution >= 0.6 is 0 Å². The summed E-state index contributed by atoms with van der Waals surface area (Å²) in [5.74, 6) is 0.778. The van der Waals surface area contributed by atoms with Gasteiger partial charge in [-0.1, -0.05) is 80.0 Å². The first-order chi connectivity index (χ1) is 19.1. The molecule has 40 heavy (non-hydrogen) atoms. The van der Waals surface area contributed by atoms with Crippen molar-refractivity contribution in [1.29, 1.82) is 0 Å². The van der Waals surface area contributed by atoms with Crippen LogP contribution in [0.3, 0.4) is 0 Å². The fourth-order valence-electron chi connectivity index (χ4n) is 4.27. The molecule has 0 spiro atoms. The number of carbonyl (C=O) groups excluding carboxylic acids is 2. The van der Waals surface area contributed by atoms with Gasteiger partial charge in [0.05, 0.1) is 13.7 Å². The van der Waals surface area contributed by atoms with Crippen LogP contribution in [-0.2, 0) is 24.9 Å². The quantitative estimate of drug-likeness (QED) is 0.263. The highest BCUT2D eigenvalue weighted by molar-refractivity contribution is 5.94. The fraction of sp³-hybridized carbons (Fsp3) is 0.303. The molecule has 1 aromatic heterocycles. The van der Waals surface area contributed by atoms with Gasteiger partial charge in [0.25, 0.3) is 11.8 Å². The molecular formula is C33H37N3O4. The van der Waals surface area contributed by atoms with Crippen molar-refractivity contribution >= 4 is 11.8 Å². The van der Waals surface area contributed by atoms with Gasteiger partial charge in [-0.25, -0.2) is 0 Å². The number of rotatable bonds is 10. The van der Waals surface area contributed by atoms with Gasteiger partial charge in [-0.2, -0.15) is 0 Å². The Labute approximate surface area is 236 Å². The summed E-state index contributed by atoms with van der Waals surface area (Å²) >= 11 is 0. The highest BCUT2D eigenvalue weighted by atomic mass is 16.5. The van der Waals surface area contributed by atoms with E-state index in [1.807, 2.05) is 79.7 Å². The van der Waals surface area contributed by atoms with Crippen LogP contribution in [-0.4, -0.2) is 35.5 Å². The average Bonchev–Trinajstić information content (AvgIpc) is 3.43. The van der Waals surface area contributed by atoms with Gasteiger partial charge in [-0.15, -0.1) is 0 Å². The van der Waals surface area contributed by atoms with E-state index in [1.54, 1.807) is 18.1 Å². The van der Waals surface area contributed by atoms with E-state index in [4.69, 9.17) is 9.26 Å². The van der Waals surface area contributed by atoms with Gasteiger partial charge in [0, 0.05) is 24.7 Å². The summed E-state index contributed by atoms with van der Waals surface area (Å²) < 4.78 is 10.8. The van der Waals surface area contributed by atoms with Crippen LogP contribution in [0.15, 0.2) is 83.4 Å². The molecule has 4 rings (SSSR count). The van der Waals surface area contributed by atoms with E-state index in [1.165, 1.54) is 0 Å². The molecule has 0 saturated carbocycles. The molecule has 0 unspecified atom stereocenters. The fourth-order valence-corrected chi connectivity index (χ4v) is 4.27. The second kappa shape index (κ2) is 12.6. The summed E-state index contributed by atoms with van der Waals surface area (Å²) in [6.45, 7) is 9.48. The number of hydrogen-bond donors (Lipinski definition) is 1. The molecule has 2 amide bonds. The molecule has 3 aromatic carbocycles. The molecule has 0 bridgehead atoms. The lowest BCUT2D eigenvalue weighted by molar-refractivity contribution is 0.0729. The average molecular weight is 540 g/mol. The first kappa shape index (κ1) is 28.6. The summed E-state index contributed by atoms with van der Waals surface area (Å²) in [4.78, 5) is 28.0. The highest BCUT2D eigenvalue weighted by Crippen LogP contribution is 2.23. The molecule has 0 fully saturated rings. The highest BCUT2D eigenvalue weighted by Gasteiger charge is 2.21. The largest absolute Gasteiger partial charge is 0.497 e. The number of carbonyl (C=O) groups is 2. The van der Waals surface area contributed by atoms with E-state index in [9.17, 15) is 9.59 Å². The van der Waals surface area contributed by atoms with Crippen LogP contribution in [0.1, 0.15) is 69.6 Å². The Balaban J connectivity index is 1.47. The van der Waals surface area contributed by atoms with Gasteiger partial charge >= 0.3 is 0 Å². The molecule has 0 aliphatic carbocycles. The molecule has 0 radical (unpaired) electrons. The number of aromatic nitrogens is 1. The summed E-state index contributed by atoms with van der Waals surface area (Å²) in [6, 6.07) is 25.1. The topological polar surface area (TPSA) is 84.7 Å². The van der Waals surface area contributed by atoms with Crippen molar-refractivity contribution in [2.45, 2.75) is 52.6 Å². The van der Waals surface area contributed by atoms with Crippen molar-refractivity contribution in [3.8, 4) is 5.75 Å². The third-order valence-electron chi connectivity index (χ3n) is 6.83. The van der Waals surface area contributed by atoms with Crippen molar-refractivity contribution in [2.75, 3.05) is 13.7 Å². The Bertz CT molecular complexity index is 1420. The molecule has 0 aliphatic rings. The minimum absolute atomic E-state index is 0.00804. The molecular weight excluding hydrogens is 502 g/mol. The molecule has 0 atom stereocenters. The van der Waals surface area contributed by atoms with E-state index >= 15 is 0 Å². The number of methoxy groups -OCH3 is 1. The van der Waals surface area contributed by atoms with Crippen LogP contribution in [0.2, 0.25) is 0 Å². The van der Waals surface area contributed by atoms with Crippen molar-refractivity contribution < 1.29 is 18.8 Å². The summed E-state index contributed by atoms with van der Waals surface area (Å²) in [5.41, 5.74) is 5.16. The van der Waals surface area contributed by atoms with E-state index in [2.05, 4.69) is 31.2 Å². The first-order valence-corrected chi connectivity index (χ1v) is 13.4. The minimum Gasteiger partial charge on any atom is -0.497 e. The smallest absolute Gasteiger partial charge is 0.273 e. The first-order valence-electron chi connectivity index (χ1n) is 13.4. The molecule has 208 valence electrons. The monoisotopic (exact) mass is 539 g/mol. The van der Waals surface area contributed by atoms with Crippen molar-refractivity contribution in [3.63, 3.8) is 0 Å². The lowest BCUT2D eigenvalue weighted by atomic mass is 9.86. The number of amides is 2. The summed E-state index contributed by atoms with van der Waals surface area (Å²) in [7, 11) is 1.63. The Kier molecular flexibility index (Phi) is 9.04. The van der Waals surface area contributed by atoms with Gasteiger partial charge in [0.1, 0.15) is 5.75 Å². The van der Waals surface area contributed by atoms with Gasteiger partial charge in [0.15, 0.2) is 11.5 Å². The van der Waals surface area contributed by atoms with Crippen LogP contribution in [0.5, 0.6) is 5.75 Å². The number of nitrogens with zero attached hydrogens (tertiary/aromatic N) is 2. The maximum Gasteiger partial charge on any atom is 0.273 e. The standard InChI is InChI=1S/C33H37N3O4/c1-23-6-8-25(9-7-23)21-34-31(37)30-20-29(40-35-30)22-36(19-18-24-10-16-28(39-5)17-11-24)32(38)26-12-14-27(15-13-26)33(2,3)4/h6-17,20H,18-19,21-22H2,1-5H3,(H,34,37). The SMILES string of the molecule is COc1ccc(CCN(Cc2cc(C(=O)NCc3ccc(C)cc3)no2)C(=O)c2ccc(C(C)(C)C)cc2)cc1. The molecule has 1 heterocycles. The normalized spacial score (nSPS) is 11.2. The number of hydrogen-bond acceptors (Lipinski definition) is 5. The van der Waals surface area contributed by atoms with Crippen LogP contribution < -0.4 is 10.1 Å². The van der Waals surface area contributed by atoms with Crippen LogP contribution in [0.25, 0.3) is 0 Å². The van der Waals surface area contributed by atoms with Gasteiger partial charge in [0.2, 0.25) is 0 Å². The molecule has 7 heteroatoms. The maximum absolute atomic E-state index is 13.6. The van der Waals surface area contributed by atoms with Gasteiger partial charge < -0.3 is 19.5 Å². The number of nitrogens with one attached hydrogen (secondary N) is 1. The van der Waals surface area contributed by atoms with Crippen molar-refractivity contribution in [2.24, 2.45) is 0 Å². The lowest BCUT2D eigenvalue weighted by Crippen LogP contribution is -2.32. The zero-order chi connectivity index (χ0) is 28.7. The Morgan fingerprint density at radius 1 is 0.925 bits per heavy atom. The third-order valence-corrected chi connectivity index (χ3v) is 6.83. The Morgan fingerprint density at radius 3 is 2.20 bits per heavy atom. The molecule has 4 aromatic rings. The number of aryl methyl sites for hydroxylation is 1. The van der Waals surface area contributed by atoms with E-state index in [-0.39, 0.29) is 29.5 Å². The number of ether oxygens (including phenoxy) is 1. The van der Waals surface area contributed by atoms with E-state index in [0.29, 0.717) is 30.8 Å². The second-order valence-electron chi connectivity index (χ2n) is 11.0. The predicted octanol–water partition coefficient (Wildman–Crippen LogP) is 6.10. The zero-order valence-electron chi connectivity index (χ0n) is 23.9. The number of benzene rings is 3.